The lowest BCUT2D eigenvalue weighted by Crippen LogP contribution is -2.54. The highest BCUT2D eigenvalue weighted by molar-refractivity contribution is 5.98. The highest BCUT2D eigenvalue weighted by atomic mass is 16.5. The molecule has 3 rings (SSSR count). The Balaban J connectivity index is 1.69. The van der Waals surface area contributed by atoms with Gasteiger partial charge in [0.25, 0.3) is 5.91 Å². The highest BCUT2D eigenvalue weighted by Gasteiger charge is 2.30. The molecule has 0 heterocycles. The van der Waals surface area contributed by atoms with Crippen molar-refractivity contribution >= 4 is 17.6 Å². The summed E-state index contributed by atoms with van der Waals surface area (Å²) >= 11 is 0. The molecule has 37 heavy (non-hydrogen) atoms. The molecule has 0 radical (unpaired) electrons. The van der Waals surface area contributed by atoms with Crippen molar-refractivity contribution in [3.63, 3.8) is 0 Å². The standard InChI is InChI=1S/C31H36N2O4/c1-3-23(2)29(33-30(35)26-17-11-6-12-18-26)31(36)32-27(20-19-24-13-7-4-8-14-24)28(34)22-37-21-25-15-9-5-10-16-25/h4-18,23,27,29H,3,19-22H2,1-2H3,(H,32,36)(H,33,35)/t23-,27+,29+/m1/s1. The predicted octanol–water partition coefficient (Wildman–Crippen LogP) is 4.73. The van der Waals surface area contributed by atoms with E-state index >= 15 is 0 Å². The fourth-order valence-corrected chi connectivity index (χ4v) is 3.99. The smallest absolute Gasteiger partial charge is 0.251 e. The third kappa shape index (κ3) is 8.99. The third-order valence-corrected chi connectivity index (χ3v) is 6.44. The van der Waals surface area contributed by atoms with Gasteiger partial charge in [-0.25, -0.2) is 0 Å². The van der Waals surface area contributed by atoms with Crippen LogP contribution in [0.2, 0.25) is 0 Å². The third-order valence-electron chi connectivity index (χ3n) is 6.44. The zero-order valence-electron chi connectivity index (χ0n) is 21.6. The second kappa shape index (κ2) is 14.7. The summed E-state index contributed by atoms with van der Waals surface area (Å²) in [5.41, 5.74) is 2.53. The number of nitrogens with one attached hydrogen (secondary N) is 2. The molecule has 2 amide bonds. The summed E-state index contributed by atoms with van der Waals surface area (Å²) in [6, 6.07) is 26.8. The van der Waals surface area contributed by atoms with Crippen LogP contribution in [0.1, 0.15) is 48.2 Å². The second-order valence-electron chi connectivity index (χ2n) is 9.23. The van der Waals surface area contributed by atoms with Crippen molar-refractivity contribution in [2.75, 3.05) is 6.61 Å². The first-order chi connectivity index (χ1) is 18.0. The Bertz CT molecular complexity index is 1120. The summed E-state index contributed by atoms with van der Waals surface area (Å²) in [6.45, 7) is 4.09. The molecule has 194 valence electrons. The van der Waals surface area contributed by atoms with Crippen LogP contribution in [-0.4, -0.2) is 36.3 Å². The monoisotopic (exact) mass is 500 g/mol. The van der Waals surface area contributed by atoms with Gasteiger partial charge in [0, 0.05) is 5.56 Å². The summed E-state index contributed by atoms with van der Waals surface area (Å²) in [5, 5.41) is 5.80. The number of carbonyl (C=O) groups excluding carboxylic acids is 3. The Morgan fingerprint density at radius 3 is 1.95 bits per heavy atom. The minimum Gasteiger partial charge on any atom is -0.369 e. The maximum Gasteiger partial charge on any atom is 0.251 e. The number of ether oxygens (including phenoxy) is 1. The van der Waals surface area contributed by atoms with Crippen molar-refractivity contribution in [3.05, 3.63) is 108 Å². The van der Waals surface area contributed by atoms with E-state index in [1.807, 2.05) is 80.6 Å². The number of rotatable bonds is 14. The van der Waals surface area contributed by atoms with Gasteiger partial charge in [0.15, 0.2) is 5.78 Å². The molecule has 0 fully saturated rings. The first kappa shape index (κ1) is 27.8. The summed E-state index contributed by atoms with van der Waals surface area (Å²) in [6.07, 6.45) is 1.75. The number of ketones is 1. The van der Waals surface area contributed by atoms with Gasteiger partial charge in [-0.3, -0.25) is 14.4 Å². The van der Waals surface area contributed by atoms with Gasteiger partial charge in [-0.1, -0.05) is 99.1 Å². The number of benzene rings is 3. The molecule has 6 nitrogen and oxygen atoms in total. The molecule has 6 heteroatoms. The van der Waals surface area contributed by atoms with E-state index < -0.39 is 12.1 Å². The molecule has 0 spiro atoms. The van der Waals surface area contributed by atoms with Crippen LogP contribution in [0.3, 0.4) is 0 Å². The molecule has 3 aromatic rings. The molecular weight excluding hydrogens is 464 g/mol. The predicted molar refractivity (Wildman–Crippen MR) is 145 cm³/mol. The van der Waals surface area contributed by atoms with E-state index in [9.17, 15) is 14.4 Å². The molecule has 3 aromatic carbocycles. The lowest BCUT2D eigenvalue weighted by atomic mass is 9.96. The van der Waals surface area contributed by atoms with Crippen LogP contribution >= 0.6 is 0 Å². The fourth-order valence-electron chi connectivity index (χ4n) is 3.99. The molecular formula is C31H36N2O4. The minimum atomic E-state index is -0.769. The van der Waals surface area contributed by atoms with Crippen LogP contribution in [0.25, 0.3) is 0 Å². The zero-order valence-corrected chi connectivity index (χ0v) is 21.6. The summed E-state index contributed by atoms with van der Waals surface area (Å²) < 4.78 is 5.68. The Morgan fingerprint density at radius 1 is 0.784 bits per heavy atom. The summed E-state index contributed by atoms with van der Waals surface area (Å²) in [4.78, 5) is 39.4. The maximum absolute atomic E-state index is 13.4. The van der Waals surface area contributed by atoms with Crippen LogP contribution < -0.4 is 10.6 Å². The van der Waals surface area contributed by atoms with Gasteiger partial charge in [-0.15, -0.1) is 0 Å². The first-order valence-corrected chi connectivity index (χ1v) is 12.8. The van der Waals surface area contributed by atoms with Crippen LogP contribution in [0, 0.1) is 5.92 Å². The lowest BCUT2D eigenvalue weighted by molar-refractivity contribution is -0.132. The van der Waals surface area contributed by atoms with E-state index in [2.05, 4.69) is 10.6 Å². The van der Waals surface area contributed by atoms with Crippen molar-refractivity contribution in [2.24, 2.45) is 5.92 Å². The van der Waals surface area contributed by atoms with Gasteiger partial charge in [0.1, 0.15) is 12.6 Å². The van der Waals surface area contributed by atoms with E-state index in [1.54, 1.807) is 24.3 Å². The molecule has 2 N–H and O–H groups in total. The van der Waals surface area contributed by atoms with Gasteiger partial charge in [-0.05, 0) is 42.0 Å². The molecule has 0 aliphatic carbocycles. The maximum atomic E-state index is 13.4. The zero-order chi connectivity index (χ0) is 26.5. The van der Waals surface area contributed by atoms with E-state index in [4.69, 9.17) is 4.74 Å². The van der Waals surface area contributed by atoms with Crippen molar-refractivity contribution in [1.29, 1.82) is 0 Å². The van der Waals surface area contributed by atoms with Gasteiger partial charge in [0.2, 0.25) is 5.91 Å². The average molecular weight is 501 g/mol. The Labute approximate surface area is 219 Å². The highest BCUT2D eigenvalue weighted by Crippen LogP contribution is 2.12. The van der Waals surface area contributed by atoms with Gasteiger partial charge in [-0.2, -0.15) is 0 Å². The second-order valence-corrected chi connectivity index (χ2v) is 9.23. The fraction of sp³-hybridized carbons (Fsp3) is 0.323. The van der Waals surface area contributed by atoms with Gasteiger partial charge >= 0.3 is 0 Å². The summed E-state index contributed by atoms with van der Waals surface area (Å²) in [5.74, 6) is -1.00. The van der Waals surface area contributed by atoms with Crippen LogP contribution in [-0.2, 0) is 27.4 Å². The number of hydrogen-bond donors (Lipinski definition) is 2. The van der Waals surface area contributed by atoms with Crippen molar-refractivity contribution in [1.82, 2.24) is 10.6 Å². The van der Waals surface area contributed by atoms with Crippen molar-refractivity contribution < 1.29 is 19.1 Å². The number of aryl methyl sites for hydroxylation is 1. The SMILES string of the molecule is CC[C@@H](C)[C@H](NC(=O)c1ccccc1)C(=O)N[C@@H](CCc1ccccc1)C(=O)COCc1ccccc1. The van der Waals surface area contributed by atoms with E-state index in [1.165, 1.54) is 0 Å². The number of amides is 2. The Hall–Kier alpha value is -3.77. The largest absolute Gasteiger partial charge is 0.369 e. The number of hydrogen-bond acceptors (Lipinski definition) is 4. The van der Waals surface area contributed by atoms with Crippen LogP contribution in [0.4, 0.5) is 0 Å². The molecule has 0 aliphatic heterocycles. The number of carbonyl (C=O) groups is 3. The van der Waals surface area contributed by atoms with E-state index in [-0.39, 0.29) is 30.1 Å². The molecule has 0 aliphatic rings. The quantitative estimate of drug-likeness (QED) is 0.335. The molecule has 0 bridgehead atoms. The molecule has 0 saturated heterocycles. The van der Waals surface area contributed by atoms with Crippen molar-refractivity contribution in [3.8, 4) is 0 Å². The Kier molecular flexibility index (Phi) is 11.1. The first-order valence-electron chi connectivity index (χ1n) is 12.8. The molecule has 0 unspecified atom stereocenters. The van der Waals surface area contributed by atoms with E-state index in [0.717, 1.165) is 11.1 Å². The van der Waals surface area contributed by atoms with Gasteiger partial charge in [0.05, 0.1) is 12.6 Å². The molecule has 3 atom stereocenters. The minimum absolute atomic E-state index is 0.112. The van der Waals surface area contributed by atoms with Crippen molar-refractivity contribution in [2.45, 2.75) is 51.8 Å². The van der Waals surface area contributed by atoms with E-state index in [0.29, 0.717) is 31.4 Å². The topological polar surface area (TPSA) is 84.5 Å². The Morgan fingerprint density at radius 2 is 1.35 bits per heavy atom. The average Bonchev–Trinajstić information content (AvgIpc) is 2.94. The van der Waals surface area contributed by atoms with Gasteiger partial charge < -0.3 is 15.4 Å². The lowest BCUT2D eigenvalue weighted by Gasteiger charge is -2.26. The molecule has 0 saturated carbocycles. The molecule has 0 aromatic heterocycles. The van der Waals surface area contributed by atoms with Crippen LogP contribution in [0.15, 0.2) is 91.0 Å². The summed E-state index contributed by atoms with van der Waals surface area (Å²) in [7, 11) is 0. The number of Topliss-reactive ketones (excluding diaryl/α,β-unsaturated/α-hetero) is 1. The normalized spacial score (nSPS) is 13.2. The van der Waals surface area contributed by atoms with Crippen LogP contribution in [0.5, 0.6) is 0 Å².